The van der Waals surface area contributed by atoms with E-state index in [0.717, 1.165) is 12.2 Å². The molecule has 0 amide bonds. The topological polar surface area (TPSA) is 0 Å². The fourth-order valence-corrected chi connectivity index (χ4v) is 0.933. The van der Waals surface area contributed by atoms with Crippen LogP contribution in [-0.4, -0.2) is 5.75 Å². The van der Waals surface area contributed by atoms with Crippen molar-refractivity contribution in [1.82, 2.24) is 0 Å². The summed E-state index contributed by atoms with van der Waals surface area (Å²) in [4.78, 5) is 0. The molecule has 0 saturated carbocycles. The Bertz CT molecular complexity index is 177. The Morgan fingerprint density at radius 3 is 2.17 bits per heavy atom. The van der Waals surface area contributed by atoms with Crippen molar-refractivity contribution < 1.29 is 37.7 Å². The summed E-state index contributed by atoms with van der Waals surface area (Å²) in [6, 6.07) is 10.3. The molecule has 12 heavy (non-hydrogen) atoms. The van der Waals surface area contributed by atoms with E-state index in [0.29, 0.717) is 0 Å². The molecular formula is C9H10Li2S. The zero-order chi connectivity index (χ0) is 7.23. The summed E-state index contributed by atoms with van der Waals surface area (Å²) in [7, 11) is 0. The Balaban J connectivity index is 0. The average Bonchev–Trinajstić information content (AvgIpc) is 2.03. The summed E-state index contributed by atoms with van der Waals surface area (Å²) in [5, 5.41) is 0. The molecule has 0 nitrogen and oxygen atoms in total. The first-order valence-corrected chi connectivity index (χ1v) is 3.97. The minimum absolute atomic E-state index is 0. The van der Waals surface area contributed by atoms with Gasteiger partial charge in [0.1, 0.15) is 0 Å². The summed E-state index contributed by atoms with van der Waals surface area (Å²) >= 11 is 4.82. The molecule has 0 aliphatic carbocycles. The van der Waals surface area contributed by atoms with Crippen molar-refractivity contribution in [3.63, 3.8) is 0 Å². The summed E-state index contributed by atoms with van der Waals surface area (Å²) < 4.78 is 0. The molecule has 0 heterocycles. The molecule has 0 bridgehead atoms. The first-order chi connectivity index (χ1) is 4.93. The first-order valence-electron chi connectivity index (χ1n) is 3.40. The quantitative estimate of drug-likeness (QED) is 0.251. The van der Waals surface area contributed by atoms with Crippen molar-refractivity contribution in [2.75, 3.05) is 5.75 Å². The summed E-state index contributed by atoms with van der Waals surface area (Å²) in [6.07, 6.45) is 3.16. The summed E-state index contributed by atoms with van der Waals surface area (Å²) in [5.41, 5.74) is 1.27. The van der Waals surface area contributed by atoms with Crippen LogP contribution in [0.5, 0.6) is 0 Å². The second kappa shape index (κ2) is 9.72. The number of hydrogen-bond acceptors (Lipinski definition) is 1. The van der Waals surface area contributed by atoms with E-state index in [9.17, 15) is 0 Å². The normalized spacial score (nSPS) is 7.75. The Hall–Kier alpha value is 0.635. The van der Waals surface area contributed by atoms with Gasteiger partial charge >= 0.3 is 37.7 Å². The van der Waals surface area contributed by atoms with E-state index < -0.39 is 0 Å². The first kappa shape index (κ1) is 15.1. The summed E-state index contributed by atoms with van der Waals surface area (Å²) in [6.45, 7) is 0. The molecule has 3 heteroatoms. The smallest absolute Gasteiger partial charge is 0.793 e. The van der Waals surface area contributed by atoms with Gasteiger partial charge in [-0.25, -0.2) is 0 Å². The van der Waals surface area contributed by atoms with Gasteiger partial charge in [0.25, 0.3) is 0 Å². The van der Waals surface area contributed by atoms with Crippen molar-refractivity contribution >= 4 is 12.6 Å². The fourth-order valence-electron chi connectivity index (χ4n) is 0.815. The molecule has 0 aliphatic heterocycles. The van der Waals surface area contributed by atoms with E-state index in [-0.39, 0.29) is 37.7 Å². The molecule has 0 aliphatic rings. The van der Waals surface area contributed by atoms with Crippen LogP contribution in [0, 0.1) is 6.42 Å². The second-order valence-electron chi connectivity index (χ2n) is 2.11. The molecule has 0 spiro atoms. The molecule has 0 atom stereocenters. The Morgan fingerprint density at radius 1 is 1.08 bits per heavy atom. The number of rotatable bonds is 3. The van der Waals surface area contributed by atoms with Gasteiger partial charge in [-0.15, -0.1) is 18.6 Å². The van der Waals surface area contributed by atoms with Gasteiger partial charge in [-0.3, -0.25) is 0 Å². The molecule has 0 aromatic heterocycles. The van der Waals surface area contributed by atoms with Crippen LogP contribution in [0.25, 0.3) is 0 Å². The van der Waals surface area contributed by atoms with Crippen LogP contribution in [0.3, 0.4) is 0 Å². The van der Waals surface area contributed by atoms with Crippen LogP contribution in [0.15, 0.2) is 30.3 Å². The van der Waals surface area contributed by atoms with Crippen LogP contribution >= 0.6 is 0 Å². The third-order valence-electron chi connectivity index (χ3n) is 1.30. The van der Waals surface area contributed by atoms with E-state index >= 15 is 0 Å². The molecular weight excluding hydrogens is 154 g/mol. The third-order valence-corrected chi connectivity index (χ3v) is 1.53. The predicted molar refractivity (Wildman–Crippen MR) is 46.7 cm³/mol. The average molecular weight is 164 g/mol. The van der Waals surface area contributed by atoms with Crippen molar-refractivity contribution in [2.24, 2.45) is 0 Å². The van der Waals surface area contributed by atoms with Crippen LogP contribution in [-0.2, 0) is 12.6 Å². The molecule has 0 radical (unpaired) electrons. The Morgan fingerprint density at radius 2 is 1.67 bits per heavy atom. The van der Waals surface area contributed by atoms with Crippen LogP contribution < -0.4 is 37.7 Å². The maximum absolute atomic E-state index is 4.82. The van der Waals surface area contributed by atoms with Crippen LogP contribution in [0.2, 0.25) is 0 Å². The molecule has 1 aromatic rings. The van der Waals surface area contributed by atoms with Gasteiger partial charge < -0.3 is 12.6 Å². The maximum Gasteiger partial charge on any atom is 1.00 e. The van der Waals surface area contributed by atoms with Crippen molar-refractivity contribution in [1.29, 1.82) is 0 Å². The zero-order valence-electron chi connectivity index (χ0n) is 7.79. The molecule has 0 N–H and O–H groups in total. The largest absolute Gasteiger partial charge is 1.00 e. The molecule has 54 valence electrons. The zero-order valence-corrected chi connectivity index (χ0v) is 8.60. The van der Waals surface area contributed by atoms with E-state index in [1.54, 1.807) is 0 Å². The molecule has 0 saturated heterocycles. The van der Waals surface area contributed by atoms with Crippen LogP contribution in [0.1, 0.15) is 12.0 Å². The van der Waals surface area contributed by atoms with Crippen molar-refractivity contribution in [3.05, 3.63) is 42.3 Å². The molecule has 0 fully saturated rings. The van der Waals surface area contributed by atoms with Crippen molar-refractivity contribution in [2.45, 2.75) is 6.42 Å². The van der Waals surface area contributed by atoms with Gasteiger partial charge in [0, 0.05) is 0 Å². The van der Waals surface area contributed by atoms with Gasteiger partial charge in [0.2, 0.25) is 0 Å². The number of benzene rings is 1. The maximum atomic E-state index is 4.82. The fraction of sp³-hybridized carbons (Fsp3) is 0.222. The molecule has 0 unspecified atom stereocenters. The van der Waals surface area contributed by atoms with E-state index in [1.165, 1.54) is 5.56 Å². The Kier molecular flexibility index (Phi) is 12.3. The minimum Gasteiger partial charge on any atom is -0.793 e. The monoisotopic (exact) mass is 164 g/mol. The van der Waals surface area contributed by atoms with Gasteiger partial charge in [-0.2, -0.15) is 29.9 Å². The van der Waals surface area contributed by atoms with Gasteiger partial charge in [-0.05, 0) is 0 Å². The Labute approximate surface area is 104 Å². The predicted octanol–water partition coefficient (Wildman–Crippen LogP) is -3.82. The van der Waals surface area contributed by atoms with E-state index in [2.05, 4.69) is 18.6 Å². The standard InChI is InChI=1S/C9H11S.2Li/c10-8-4-7-9-5-2-1-3-6-9;;/h1-3,5-7,10H,4,8H2;;/q-1;2*+1/p-1. The van der Waals surface area contributed by atoms with Gasteiger partial charge in [0.05, 0.1) is 0 Å². The van der Waals surface area contributed by atoms with Crippen molar-refractivity contribution in [3.8, 4) is 0 Å². The van der Waals surface area contributed by atoms with Crippen LogP contribution in [0.4, 0.5) is 0 Å². The number of hydrogen-bond donors (Lipinski definition) is 0. The van der Waals surface area contributed by atoms with E-state index in [4.69, 9.17) is 12.6 Å². The van der Waals surface area contributed by atoms with Gasteiger partial charge in [0.15, 0.2) is 0 Å². The van der Waals surface area contributed by atoms with Gasteiger partial charge in [-0.1, -0.05) is 6.07 Å². The molecule has 1 aromatic carbocycles. The summed E-state index contributed by atoms with van der Waals surface area (Å²) in [5.74, 6) is 0.814. The third kappa shape index (κ3) is 6.18. The molecule has 1 rings (SSSR count). The minimum atomic E-state index is 0. The SMILES string of the molecule is [Li+].[Li+].[S-]CC[CH-]c1ccccc1. The second-order valence-corrected chi connectivity index (χ2v) is 2.52. The van der Waals surface area contributed by atoms with E-state index in [1.807, 2.05) is 18.2 Å².